The van der Waals surface area contributed by atoms with Crippen molar-refractivity contribution in [3.63, 3.8) is 0 Å². The van der Waals surface area contributed by atoms with E-state index in [1.807, 2.05) is 0 Å². The van der Waals surface area contributed by atoms with E-state index < -0.39 is 11.0 Å². The maximum Gasteiger partial charge on any atom is 0.230 e. The summed E-state index contributed by atoms with van der Waals surface area (Å²) in [5, 5.41) is 11.6. The average Bonchev–Trinajstić information content (AvgIpc) is 3.03. The maximum absolute atomic E-state index is 10.1. The van der Waals surface area contributed by atoms with E-state index in [0.29, 0.717) is 28.5 Å². The third-order valence-corrected chi connectivity index (χ3v) is 4.28. The average molecular weight is 366 g/mol. The number of aliphatic hydroxyl groups is 1. The first kappa shape index (κ1) is 17.6. The van der Waals surface area contributed by atoms with Crippen molar-refractivity contribution in [1.82, 2.24) is 4.98 Å². The van der Waals surface area contributed by atoms with E-state index in [0.717, 1.165) is 10.8 Å². The Hall–Kier alpha value is -2.18. The molecule has 1 aromatic carbocycles. The fourth-order valence-corrected chi connectivity index (χ4v) is 2.56. The lowest BCUT2D eigenvalue weighted by Crippen LogP contribution is -2.35. The van der Waals surface area contributed by atoms with Crippen molar-refractivity contribution >= 4 is 33.6 Å². The third-order valence-electron chi connectivity index (χ3n) is 4.03. The van der Waals surface area contributed by atoms with Gasteiger partial charge in [-0.15, -0.1) is 11.6 Å². The fourth-order valence-electron chi connectivity index (χ4n) is 2.50. The maximum atomic E-state index is 10.1. The number of methoxy groups -OCH3 is 2. The normalized spacial score (nSPS) is 13.2. The number of rotatable bonds is 6. The number of hydrogen-bond donors (Lipinski definition) is 1. The second kappa shape index (κ2) is 6.61. The minimum atomic E-state index is -0.842. The van der Waals surface area contributed by atoms with Crippen molar-refractivity contribution in [3.05, 3.63) is 24.5 Å². The van der Waals surface area contributed by atoms with E-state index in [4.69, 9.17) is 30.2 Å². The Bertz CT molecular complexity index is 900. The van der Waals surface area contributed by atoms with Gasteiger partial charge in [0, 0.05) is 11.5 Å². The molecule has 1 N–H and O–H groups in total. The number of alkyl halides is 1. The molecule has 7 heteroatoms. The molecule has 25 heavy (non-hydrogen) atoms. The van der Waals surface area contributed by atoms with Crippen LogP contribution in [0.15, 0.2) is 28.9 Å². The first-order valence-corrected chi connectivity index (χ1v) is 8.15. The van der Waals surface area contributed by atoms with Crippen LogP contribution in [-0.2, 0) is 0 Å². The molecule has 0 unspecified atom stereocenters. The number of pyridine rings is 1. The van der Waals surface area contributed by atoms with Crippen LogP contribution in [0, 0.1) is 0 Å². The molecule has 0 saturated carbocycles. The second-order valence-corrected chi connectivity index (χ2v) is 7.17. The smallest absolute Gasteiger partial charge is 0.230 e. The van der Waals surface area contributed by atoms with Gasteiger partial charge in [0.15, 0.2) is 11.5 Å². The summed E-state index contributed by atoms with van der Waals surface area (Å²) in [6.45, 7) is 3.48. The number of aliphatic hydroxyl groups excluding tert-OH is 1. The van der Waals surface area contributed by atoms with E-state index in [1.165, 1.54) is 0 Å². The zero-order valence-corrected chi connectivity index (χ0v) is 15.3. The van der Waals surface area contributed by atoms with Crippen LogP contribution in [0.5, 0.6) is 17.2 Å². The van der Waals surface area contributed by atoms with Crippen LogP contribution in [0.4, 0.5) is 0 Å². The van der Waals surface area contributed by atoms with E-state index in [1.54, 1.807) is 52.5 Å². The van der Waals surface area contributed by atoms with Crippen LogP contribution in [0.3, 0.4) is 0 Å². The summed E-state index contributed by atoms with van der Waals surface area (Å²) in [5.74, 6) is 1.60. The molecule has 2 heterocycles. The Morgan fingerprint density at radius 2 is 1.96 bits per heavy atom. The Morgan fingerprint density at radius 3 is 2.60 bits per heavy atom. The topological polar surface area (TPSA) is 74.0 Å². The van der Waals surface area contributed by atoms with Gasteiger partial charge in [-0.05, 0) is 26.0 Å². The molecule has 0 bridgehead atoms. The highest BCUT2D eigenvalue weighted by Gasteiger charge is 2.26. The Balaban J connectivity index is 2.07. The number of furan rings is 1. The molecule has 134 valence electrons. The first-order valence-electron chi connectivity index (χ1n) is 7.78. The summed E-state index contributed by atoms with van der Waals surface area (Å²) in [4.78, 5) is 3.68. The van der Waals surface area contributed by atoms with E-state index in [2.05, 4.69) is 4.98 Å². The number of nitrogens with zero attached hydrogens (tertiary/aromatic N) is 1. The number of aromatic nitrogens is 1. The quantitative estimate of drug-likeness (QED) is 0.670. The van der Waals surface area contributed by atoms with Crippen molar-refractivity contribution in [1.29, 1.82) is 0 Å². The van der Waals surface area contributed by atoms with Gasteiger partial charge in [0.1, 0.15) is 18.5 Å². The molecule has 6 nitrogen and oxygen atoms in total. The Labute approximate surface area is 150 Å². The van der Waals surface area contributed by atoms with Gasteiger partial charge < -0.3 is 23.7 Å². The molecule has 3 aromatic rings. The number of fused-ring (bicyclic) bond motifs is 2. The lowest BCUT2D eigenvalue weighted by molar-refractivity contribution is 0.0795. The van der Waals surface area contributed by atoms with Gasteiger partial charge in [-0.1, -0.05) is 0 Å². The molecule has 0 amide bonds. The SMILES string of the molecule is COc1cc2nc3occc3c(OC)c2cc1OC[C@H](O)C(C)(C)Cl. The fraction of sp³-hybridized carbons (Fsp3) is 0.389. The third kappa shape index (κ3) is 3.32. The molecular weight excluding hydrogens is 346 g/mol. The summed E-state index contributed by atoms with van der Waals surface area (Å²) >= 11 is 6.12. The molecule has 1 atom stereocenters. The Kier molecular flexibility index (Phi) is 4.67. The number of benzene rings is 1. The van der Waals surface area contributed by atoms with Crippen molar-refractivity contribution in [3.8, 4) is 17.2 Å². The largest absolute Gasteiger partial charge is 0.495 e. The van der Waals surface area contributed by atoms with Crippen LogP contribution < -0.4 is 14.2 Å². The van der Waals surface area contributed by atoms with Gasteiger partial charge in [0.25, 0.3) is 0 Å². The lowest BCUT2D eigenvalue weighted by Gasteiger charge is -2.24. The molecule has 3 rings (SSSR count). The van der Waals surface area contributed by atoms with Crippen LogP contribution in [0.25, 0.3) is 22.0 Å². The van der Waals surface area contributed by atoms with Gasteiger partial charge in [-0.3, -0.25) is 0 Å². The second-order valence-electron chi connectivity index (χ2n) is 6.20. The molecule has 0 aliphatic heterocycles. The lowest BCUT2D eigenvalue weighted by atomic mass is 10.1. The van der Waals surface area contributed by atoms with Crippen LogP contribution in [-0.4, -0.2) is 41.9 Å². The van der Waals surface area contributed by atoms with Crippen molar-refractivity contribution in [2.75, 3.05) is 20.8 Å². The molecule has 0 radical (unpaired) electrons. The highest BCUT2D eigenvalue weighted by atomic mass is 35.5. The zero-order chi connectivity index (χ0) is 18.2. The van der Waals surface area contributed by atoms with Gasteiger partial charge >= 0.3 is 0 Å². The van der Waals surface area contributed by atoms with Gasteiger partial charge in [0.2, 0.25) is 5.71 Å². The van der Waals surface area contributed by atoms with Crippen LogP contribution in [0.2, 0.25) is 0 Å². The van der Waals surface area contributed by atoms with Gasteiger partial charge in [-0.2, -0.15) is 0 Å². The number of ether oxygens (including phenoxy) is 3. The summed E-state index contributed by atoms with van der Waals surface area (Å²) in [7, 11) is 3.13. The van der Waals surface area contributed by atoms with Gasteiger partial charge in [-0.25, -0.2) is 4.98 Å². The summed E-state index contributed by atoms with van der Waals surface area (Å²) in [5.41, 5.74) is 1.14. The highest BCUT2D eigenvalue weighted by Crippen LogP contribution is 2.39. The van der Waals surface area contributed by atoms with Crippen molar-refractivity contribution in [2.45, 2.75) is 24.8 Å². The summed E-state index contributed by atoms with van der Waals surface area (Å²) < 4.78 is 22.1. The predicted molar refractivity (Wildman–Crippen MR) is 96.1 cm³/mol. The minimum Gasteiger partial charge on any atom is -0.495 e. The zero-order valence-electron chi connectivity index (χ0n) is 14.5. The summed E-state index contributed by atoms with van der Waals surface area (Å²) in [6.07, 6.45) is 0.720. The molecule has 0 aliphatic rings. The number of hydrogen-bond acceptors (Lipinski definition) is 6. The molecule has 0 fully saturated rings. The molecule has 0 aliphatic carbocycles. The highest BCUT2D eigenvalue weighted by molar-refractivity contribution is 6.23. The molecular formula is C18H20ClNO5. The Morgan fingerprint density at radius 1 is 1.20 bits per heavy atom. The number of halogens is 1. The standard InChI is InChI=1S/C18H20ClNO5/c1-18(2,19)15(21)9-25-14-7-11-12(8-13(14)22-3)20-17-10(5-6-24-17)16(11)23-4/h5-8,15,21H,9H2,1-4H3/t15-/m0/s1. The minimum absolute atomic E-state index is 0.0298. The summed E-state index contributed by atoms with van der Waals surface area (Å²) in [6, 6.07) is 5.32. The predicted octanol–water partition coefficient (Wildman–Crippen LogP) is 3.76. The van der Waals surface area contributed by atoms with Gasteiger partial charge in [0.05, 0.1) is 36.3 Å². The monoisotopic (exact) mass is 365 g/mol. The van der Waals surface area contributed by atoms with Crippen molar-refractivity contribution in [2.24, 2.45) is 0 Å². The molecule has 0 saturated heterocycles. The van der Waals surface area contributed by atoms with Crippen LogP contribution in [0.1, 0.15) is 13.8 Å². The molecule has 0 spiro atoms. The van der Waals surface area contributed by atoms with Crippen LogP contribution >= 0.6 is 11.6 Å². The van der Waals surface area contributed by atoms with Crippen molar-refractivity contribution < 1.29 is 23.7 Å². The van der Waals surface area contributed by atoms with E-state index in [-0.39, 0.29) is 6.61 Å². The molecule has 2 aromatic heterocycles. The first-order chi connectivity index (χ1) is 11.8. The van der Waals surface area contributed by atoms with E-state index >= 15 is 0 Å². The van der Waals surface area contributed by atoms with E-state index in [9.17, 15) is 5.11 Å².